The summed E-state index contributed by atoms with van der Waals surface area (Å²) in [6, 6.07) is 8.41. The summed E-state index contributed by atoms with van der Waals surface area (Å²) < 4.78 is 41.0. The van der Waals surface area contributed by atoms with Crippen molar-refractivity contribution in [2.24, 2.45) is 5.92 Å². The zero-order valence-electron chi connectivity index (χ0n) is 13.5. The Morgan fingerprint density at radius 1 is 1.08 bits per heavy atom. The van der Waals surface area contributed by atoms with Crippen LogP contribution in [-0.4, -0.2) is 29.1 Å². The van der Waals surface area contributed by atoms with E-state index in [0.717, 1.165) is 6.07 Å². The Morgan fingerprint density at radius 3 is 2.40 bits per heavy atom. The van der Waals surface area contributed by atoms with Gasteiger partial charge in [-0.2, -0.15) is 0 Å². The lowest BCUT2D eigenvalue weighted by molar-refractivity contribution is -0.143. The van der Waals surface area contributed by atoms with Crippen molar-refractivity contribution in [3.05, 3.63) is 71.0 Å². The molecule has 1 aliphatic rings. The van der Waals surface area contributed by atoms with E-state index in [1.807, 2.05) is 4.90 Å². The first-order valence-electron chi connectivity index (χ1n) is 8.13. The molecule has 0 spiro atoms. The van der Waals surface area contributed by atoms with Gasteiger partial charge >= 0.3 is 5.97 Å². The number of aliphatic carboxylic acids is 1. The van der Waals surface area contributed by atoms with Gasteiger partial charge in [0.15, 0.2) is 0 Å². The number of benzene rings is 2. The second-order valence-corrected chi connectivity index (χ2v) is 6.29. The first kappa shape index (κ1) is 17.5. The third kappa shape index (κ3) is 3.85. The topological polar surface area (TPSA) is 40.5 Å². The summed E-state index contributed by atoms with van der Waals surface area (Å²) in [6.07, 6.45) is 1.23. The molecule has 1 aliphatic heterocycles. The molecule has 2 aromatic rings. The van der Waals surface area contributed by atoms with Crippen LogP contribution in [0.5, 0.6) is 0 Å². The number of likely N-dealkylation sites (tertiary alicyclic amines) is 1. The minimum atomic E-state index is -0.887. The van der Waals surface area contributed by atoms with Gasteiger partial charge in [0, 0.05) is 18.2 Å². The van der Waals surface area contributed by atoms with E-state index in [9.17, 15) is 23.1 Å². The number of carboxylic acid groups (broad SMARTS) is 1. The Kier molecular flexibility index (Phi) is 5.08. The Balaban J connectivity index is 2.02. The Bertz CT molecular complexity index is 764. The molecule has 2 unspecified atom stereocenters. The van der Waals surface area contributed by atoms with Crippen LogP contribution in [0.4, 0.5) is 13.2 Å². The molecule has 1 N–H and O–H groups in total. The van der Waals surface area contributed by atoms with Gasteiger partial charge in [-0.15, -0.1) is 0 Å². The van der Waals surface area contributed by atoms with Gasteiger partial charge in [-0.3, -0.25) is 9.69 Å². The zero-order valence-corrected chi connectivity index (χ0v) is 13.5. The number of carbonyl (C=O) groups is 1. The van der Waals surface area contributed by atoms with Gasteiger partial charge in [-0.1, -0.05) is 18.2 Å². The fourth-order valence-corrected chi connectivity index (χ4v) is 3.40. The van der Waals surface area contributed by atoms with Gasteiger partial charge in [-0.25, -0.2) is 13.2 Å². The van der Waals surface area contributed by atoms with Crippen molar-refractivity contribution in [3.8, 4) is 0 Å². The average molecular weight is 349 g/mol. The summed E-state index contributed by atoms with van der Waals surface area (Å²) in [5.74, 6) is -3.22. The number of nitrogens with zero attached hydrogens (tertiary/aromatic N) is 1. The van der Waals surface area contributed by atoms with Crippen molar-refractivity contribution in [3.63, 3.8) is 0 Å². The third-order valence-electron chi connectivity index (χ3n) is 4.61. The molecular weight excluding hydrogens is 331 g/mol. The molecule has 2 atom stereocenters. The van der Waals surface area contributed by atoms with E-state index in [-0.39, 0.29) is 12.1 Å². The highest BCUT2D eigenvalue weighted by molar-refractivity contribution is 5.70. The van der Waals surface area contributed by atoms with Gasteiger partial charge in [0.2, 0.25) is 0 Å². The summed E-state index contributed by atoms with van der Waals surface area (Å²) in [5.41, 5.74) is 0.886. The molecule has 2 aromatic carbocycles. The van der Waals surface area contributed by atoms with Crippen LogP contribution in [0, 0.1) is 23.4 Å². The van der Waals surface area contributed by atoms with Crippen molar-refractivity contribution in [1.29, 1.82) is 0 Å². The predicted octanol–water partition coefficient (Wildman–Crippen LogP) is 3.99. The van der Waals surface area contributed by atoms with Crippen LogP contribution in [0.1, 0.15) is 30.0 Å². The van der Waals surface area contributed by atoms with E-state index >= 15 is 0 Å². The minimum absolute atomic E-state index is 0.249. The van der Waals surface area contributed by atoms with Gasteiger partial charge in [0.25, 0.3) is 0 Å². The van der Waals surface area contributed by atoms with Gasteiger partial charge in [-0.05, 0) is 43.1 Å². The van der Waals surface area contributed by atoms with E-state index in [0.29, 0.717) is 24.9 Å². The quantitative estimate of drug-likeness (QED) is 0.907. The molecule has 6 heteroatoms. The van der Waals surface area contributed by atoms with Crippen LogP contribution in [0.25, 0.3) is 0 Å². The maximum atomic E-state index is 14.4. The van der Waals surface area contributed by atoms with Gasteiger partial charge in [0.05, 0.1) is 12.0 Å². The molecule has 25 heavy (non-hydrogen) atoms. The van der Waals surface area contributed by atoms with E-state index in [2.05, 4.69) is 0 Å². The van der Waals surface area contributed by atoms with Crippen molar-refractivity contribution >= 4 is 5.97 Å². The van der Waals surface area contributed by atoms with Crippen LogP contribution >= 0.6 is 0 Å². The number of hydrogen-bond donors (Lipinski definition) is 1. The van der Waals surface area contributed by atoms with Crippen LogP contribution in [0.2, 0.25) is 0 Å². The molecule has 0 aromatic heterocycles. The largest absolute Gasteiger partial charge is 0.481 e. The summed E-state index contributed by atoms with van der Waals surface area (Å²) in [5, 5.41) is 9.31. The maximum Gasteiger partial charge on any atom is 0.307 e. The Labute approximate surface area is 143 Å². The number of piperidine rings is 1. The molecule has 1 heterocycles. The lowest BCUT2D eigenvalue weighted by atomic mass is 9.91. The monoisotopic (exact) mass is 349 g/mol. The van der Waals surface area contributed by atoms with Crippen molar-refractivity contribution in [2.45, 2.75) is 18.9 Å². The van der Waals surface area contributed by atoms with Crippen molar-refractivity contribution < 1.29 is 23.1 Å². The first-order valence-corrected chi connectivity index (χ1v) is 8.13. The second-order valence-electron chi connectivity index (χ2n) is 6.29. The minimum Gasteiger partial charge on any atom is -0.481 e. The fourth-order valence-electron chi connectivity index (χ4n) is 3.40. The number of halogens is 3. The molecule has 0 bridgehead atoms. The molecule has 0 amide bonds. The molecular formula is C19H18F3NO2. The van der Waals surface area contributed by atoms with Crippen molar-refractivity contribution in [1.82, 2.24) is 4.90 Å². The lowest BCUT2D eigenvalue weighted by Gasteiger charge is -2.37. The molecule has 3 nitrogen and oxygen atoms in total. The highest BCUT2D eigenvalue weighted by Crippen LogP contribution is 2.34. The van der Waals surface area contributed by atoms with E-state index in [1.54, 1.807) is 12.1 Å². The molecule has 1 saturated heterocycles. The zero-order chi connectivity index (χ0) is 18.0. The summed E-state index contributed by atoms with van der Waals surface area (Å²) in [4.78, 5) is 13.2. The Hall–Kier alpha value is -2.34. The second kappa shape index (κ2) is 7.27. The summed E-state index contributed by atoms with van der Waals surface area (Å²) in [7, 11) is 0. The van der Waals surface area contributed by atoms with Crippen LogP contribution in [0.15, 0.2) is 42.5 Å². The smallest absolute Gasteiger partial charge is 0.307 e. The third-order valence-corrected chi connectivity index (χ3v) is 4.61. The number of carboxylic acids is 1. The van der Waals surface area contributed by atoms with Crippen molar-refractivity contribution in [2.75, 3.05) is 13.1 Å². The highest BCUT2D eigenvalue weighted by atomic mass is 19.1. The van der Waals surface area contributed by atoms with Crippen LogP contribution in [0.3, 0.4) is 0 Å². The SMILES string of the molecule is O=C(O)C1CCCN(C(c2ccc(F)cc2)c2ccc(F)cc2F)C1. The first-order chi connectivity index (χ1) is 12.0. The summed E-state index contributed by atoms with van der Waals surface area (Å²) >= 11 is 0. The van der Waals surface area contributed by atoms with E-state index in [4.69, 9.17) is 0 Å². The molecule has 0 radical (unpaired) electrons. The summed E-state index contributed by atoms with van der Waals surface area (Å²) in [6.45, 7) is 0.844. The molecule has 0 saturated carbocycles. The predicted molar refractivity (Wildman–Crippen MR) is 86.5 cm³/mol. The lowest BCUT2D eigenvalue weighted by Crippen LogP contribution is -2.41. The average Bonchev–Trinajstić information content (AvgIpc) is 2.59. The maximum absolute atomic E-state index is 14.4. The van der Waals surface area contributed by atoms with Gasteiger partial charge < -0.3 is 5.11 Å². The van der Waals surface area contributed by atoms with Gasteiger partial charge in [0.1, 0.15) is 17.5 Å². The Morgan fingerprint density at radius 2 is 1.76 bits per heavy atom. The molecule has 3 rings (SSSR count). The number of hydrogen-bond acceptors (Lipinski definition) is 2. The van der Waals surface area contributed by atoms with E-state index < -0.39 is 35.4 Å². The highest BCUT2D eigenvalue weighted by Gasteiger charge is 2.32. The van der Waals surface area contributed by atoms with E-state index in [1.165, 1.54) is 24.3 Å². The molecule has 132 valence electrons. The fraction of sp³-hybridized carbons (Fsp3) is 0.316. The van der Waals surface area contributed by atoms with Crippen LogP contribution < -0.4 is 0 Å². The molecule has 0 aliphatic carbocycles. The normalized spacial score (nSPS) is 19.6. The number of rotatable bonds is 4. The van der Waals surface area contributed by atoms with Crippen LogP contribution in [-0.2, 0) is 4.79 Å². The molecule has 1 fully saturated rings. The standard InChI is InChI=1S/C19H18F3NO2/c20-14-5-3-12(4-6-14)18(16-8-7-15(21)10-17(16)22)23-9-1-2-13(11-23)19(24)25/h3-8,10,13,18H,1-2,9,11H2,(H,24,25).